The summed E-state index contributed by atoms with van der Waals surface area (Å²) in [4.78, 5) is 2.86. The lowest BCUT2D eigenvalue weighted by Gasteiger charge is -2.47. The summed E-state index contributed by atoms with van der Waals surface area (Å²) in [5.74, 6) is 0.935. The molecule has 5 atom stereocenters. The van der Waals surface area contributed by atoms with E-state index in [0.29, 0.717) is 5.92 Å². The molecule has 0 heterocycles. The Hall–Kier alpha value is -7.22. The number of hydrogen-bond acceptors (Lipinski definition) is 1. The Balaban J connectivity index is 1.00. The van der Waals surface area contributed by atoms with Gasteiger partial charge >= 0.3 is 0 Å². The molecule has 0 radical (unpaired) electrons. The zero-order chi connectivity index (χ0) is 42.7. The lowest BCUT2D eigenvalue weighted by molar-refractivity contribution is 0.267. The van der Waals surface area contributed by atoms with E-state index in [1.807, 2.05) is 0 Å². The van der Waals surface area contributed by atoms with Crippen molar-refractivity contribution >= 4 is 5.57 Å². The molecule has 7 aromatic carbocycles. The minimum Gasteiger partial charge on any atom is -0.337 e. The smallest absolute Gasteiger partial charge is 0.0674 e. The summed E-state index contributed by atoms with van der Waals surface area (Å²) in [7, 11) is 0. The largest absolute Gasteiger partial charge is 0.337 e. The molecular formula is C64H49N. The van der Waals surface area contributed by atoms with Gasteiger partial charge in [0.15, 0.2) is 0 Å². The van der Waals surface area contributed by atoms with Crippen molar-refractivity contribution in [2.75, 3.05) is 0 Å². The van der Waals surface area contributed by atoms with Gasteiger partial charge in [0.1, 0.15) is 0 Å². The molecule has 0 aromatic heterocycles. The zero-order valence-corrected chi connectivity index (χ0v) is 36.4. The van der Waals surface area contributed by atoms with Gasteiger partial charge < -0.3 is 4.90 Å². The molecule has 0 N–H and O–H groups in total. The molecule has 0 saturated carbocycles. The molecule has 1 spiro atoms. The average Bonchev–Trinajstić information content (AvgIpc) is 3.97. The monoisotopic (exact) mass is 831 g/mol. The van der Waals surface area contributed by atoms with E-state index in [9.17, 15) is 0 Å². The first-order chi connectivity index (χ1) is 32.3. The van der Waals surface area contributed by atoms with Gasteiger partial charge in [-0.3, -0.25) is 0 Å². The molecule has 0 bridgehead atoms. The quantitative estimate of drug-likeness (QED) is 0.167. The van der Waals surface area contributed by atoms with E-state index in [4.69, 9.17) is 0 Å². The first kappa shape index (κ1) is 37.2. The van der Waals surface area contributed by atoms with Crippen molar-refractivity contribution in [1.29, 1.82) is 0 Å². The topological polar surface area (TPSA) is 3.24 Å². The number of nitrogens with zero attached hydrogens (tertiary/aromatic N) is 1. The maximum absolute atomic E-state index is 2.86. The fourth-order valence-electron chi connectivity index (χ4n) is 14.3. The summed E-state index contributed by atoms with van der Waals surface area (Å²) in [5, 5.41) is 0. The molecule has 14 rings (SSSR count). The van der Waals surface area contributed by atoms with Crippen molar-refractivity contribution in [3.05, 3.63) is 303 Å². The van der Waals surface area contributed by atoms with Gasteiger partial charge in [0.05, 0.1) is 16.9 Å². The lowest BCUT2D eigenvalue weighted by atomic mass is 9.64. The van der Waals surface area contributed by atoms with Gasteiger partial charge in [0, 0.05) is 35.1 Å². The van der Waals surface area contributed by atoms with Crippen molar-refractivity contribution in [3.63, 3.8) is 0 Å². The first-order valence-electron chi connectivity index (χ1n) is 23.8. The summed E-state index contributed by atoms with van der Waals surface area (Å²) < 4.78 is 0. The highest BCUT2D eigenvalue weighted by Gasteiger charge is 2.59. The average molecular weight is 832 g/mol. The number of rotatable bonds is 5. The molecule has 7 aliphatic rings. The van der Waals surface area contributed by atoms with Crippen molar-refractivity contribution in [2.24, 2.45) is 11.8 Å². The Kier molecular flexibility index (Phi) is 8.09. The molecule has 0 amide bonds. The Morgan fingerprint density at radius 3 is 1.82 bits per heavy atom. The van der Waals surface area contributed by atoms with E-state index in [1.54, 1.807) is 0 Å². The van der Waals surface area contributed by atoms with Gasteiger partial charge in [-0.1, -0.05) is 218 Å². The number of aryl methyl sites for hydroxylation is 1. The highest BCUT2D eigenvalue weighted by molar-refractivity contribution is 5.86. The minimum atomic E-state index is -0.434. The van der Waals surface area contributed by atoms with Crippen LogP contribution in [-0.4, -0.2) is 10.9 Å². The molecule has 1 heteroatoms. The van der Waals surface area contributed by atoms with Gasteiger partial charge in [0.2, 0.25) is 0 Å². The van der Waals surface area contributed by atoms with Crippen LogP contribution >= 0.6 is 0 Å². The minimum absolute atomic E-state index is 0.125. The summed E-state index contributed by atoms with van der Waals surface area (Å²) >= 11 is 0. The van der Waals surface area contributed by atoms with Crippen LogP contribution in [0.5, 0.6) is 0 Å². The molecule has 0 fully saturated rings. The fourth-order valence-corrected chi connectivity index (χ4v) is 14.3. The van der Waals surface area contributed by atoms with Crippen LogP contribution in [0.15, 0.2) is 248 Å². The van der Waals surface area contributed by atoms with Crippen molar-refractivity contribution in [1.82, 2.24) is 4.90 Å². The highest BCUT2D eigenvalue weighted by atomic mass is 15.2. The van der Waals surface area contributed by atoms with Crippen LogP contribution in [-0.2, 0) is 17.3 Å². The van der Waals surface area contributed by atoms with E-state index in [-0.39, 0.29) is 29.2 Å². The number of hydrogen-bond donors (Lipinski definition) is 0. The summed E-state index contributed by atoms with van der Waals surface area (Å²) in [6.45, 7) is 0. The van der Waals surface area contributed by atoms with Crippen molar-refractivity contribution < 1.29 is 0 Å². The number of benzene rings is 7. The molecule has 1 nitrogen and oxygen atoms in total. The third-order valence-corrected chi connectivity index (χ3v) is 16.6. The van der Waals surface area contributed by atoms with Gasteiger partial charge in [0.25, 0.3) is 0 Å². The van der Waals surface area contributed by atoms with Crippen LogP contribution in [0.1, 0.15) is 80.3 Å². The maximum Gasteiger partial charge on any atom is 0.0674 e. The second-order valence-electron chi connectivity index (χ2n) is 19.2. The van der Waals surface area contributed by atoms with Crippen LogP contribution in [0.2, 0.25) is 0 Å². The van der Waals surface area contributed by atoms with Crippen LogP contribution < -0.4 is 0 Å². The molecule has 5 unspecified atom stereocenters. The van der Waals surface area contributed by atoms with Gasteiger partial charge in [-0.25, -0.2) is 0 Å². The summed E-state index contributed by atoms with van der Waals surface area (Å²) in [6.07, 6.45) is 23.3. The molecular weight excluding hydrogens is 783 g/mol. The third-order valence-electron chi connectivity index (χ3n) is 16.6. The molecule has 0 saturated heterocycles. The molecule has 0 aliphatic heterocycles. The predicted octanol–water partition coefficient (Wildman–Crippen LogP) is 14.4. The highest BCUT2D eigenvalue weighted by Crippen LogP contribution is 2.67. The van der Waals surface area contributed by atoms with E-state index < -0.39 is 5.41 Å². The first-order valence-corrected chi connectivity index (χ1v) is 23.8. The Morgan fingerprint density at radius 2 is 1.09 bits per heavy atom. The zero-order valence-electron chi connectivity index (χ0n) is 36.4. The van der Waals surface area contributed by atoms with Gasteiger partial charge in [-0.2, -0.15) is 0 Å². The van der Waals surface area contributed by atoms with Gasteiger partial charge in [-0.05, 0) is 109 Å². The van der Waals surface area contributed by atoms with Crippen LogP contribution in [0.4, 0.5) is 0 Å². The van der Waals surface area contributed by atoms with Crippen molar-refractivity contribution in [2.45, 2.75) is 48.0 Å². The predicted molar refractivity (Wildman–Crippen MR) is 265 cm³/mol. The number of fused-ring (bicyclic) bond motifs is 16. The molecule has 65 heavy (non-hydrogen) atoms. The Labute approximate surface area is 382 Å². The number of allylic oxidation sites excluding steroid dienone is 9. The van der Waals surface area contributed by atoms with E-state index in [2.05, 4.69) is 235 Å². The summed E-state index contributed by atoms with van der Waals surface area (Å²) in [5.41, 5.74) is 21.9. The van der Waals surface area contributed by atoms with Crippen LogP contribution in [0.3, 0.4) is 0 Å². The van der Waals surface area contributed by atoms with Crippen LogP contribution in [0.25, 0.3) is 16.7 Å². The van der Waals surface area contributed by atoms with Crippen molar-refractivity contribution in [3.8, 4) is 11.1 Å². The molecule has 310 valence electrons. The van der Waals surface area contributed by atoms with E-state index in [1.165, 1.54) is 89.3 Å². The lowest BCUT2D eigenvalue weighted by Crippen LogP contribution is -2.44. The summed E-state index contributed by atoms with van der Waals surface area (Å²) in [6, 6.07) is 69.4. The normalized spacial score (nSPS) is 23.8. The standard InChI is InChI=1S/C64H49N/c1-3-20-43(21-4-1)63(44-22-5-2-6-23-44)54-30-13-9-27-50(54)51-40-38-45(41-59(51)63)65(60-35-17-29-47-46-24-8-7-19-42(46)37-39-52(47)60)61-36-18-34-58-62(61)53-28-12-16-33-57(53)64(58)55-31-14-10-25-48(55)49-26-11-15-32-56(49)64/h1-36,38,41,51-52,58,60,62H,37,39-40H2. The Bertz CT molecular complexity index is 3200. The fraction of sp³-hybridized carbons (Fsp3) is 0.156. The Morgan fingerprint density at radius 1 is 0.508 bits per heavy atom. The third kappa shape index (κ3) is 4.94. The SMILES string of the molecule is C1=CC(N(C2=CCC3C(=C2)C(c2ccccc2)(c2ccccc2)c2ccccc23)C2=CC=CC3C2c2ccccc2C32c3ccccc3-c3ccccc32)C2CCc3ccccc3C2=C1. The van der Waals surface area contributed by atoms with Crippen LogP contribution in [0, 0.1) is 11.8 Å². The molecule has 7 aromatic rings. The molecule has 7 aliphatic carbocycles. The van der Waals surface area contributed by atoms with Gasteiger partial charge in [-0.15, -0.1) is 0 Å². The van der Waals surface area contributed by atoms with E-state index in [0.717, 1.165) is 19.3 Å². The van der Waals surface area contributed by atoms with E-state index >= 15 is 0 Å². The second-order valence-corrected chi connectivity index (χ2v) is 19.2. The second kappa shape index (κ2) is 14.1. The maximum atomic E-state index is 2.86.